The number of fused-ring (bicyclic) bond motifs is 1. The van der Waals surface area contributed by atoms with E-state index in [9.17, 15) is 32.3 Å². The number of alkyl halides is 3. The molecule has 2 aromatic carbocycles. The molecule has 4 atom stereocenters. The minimum atomic E-state index is -5.08. The van der Waals surface area contributed by atoms with Crippen molar-refractivity contribution in [2.24, 2.45) is 5.92 Å². The molecule has 0 aliphatic carbocycles. The smallest absolute Gasteiger partial charge is 0.475 e. The number of hydrogen-bond donors (Lipinski definition) is 3. The van der Waals surface area contributed by atoms with Crippen LogP contribution in [0.15, 0.2) is 42.5 Å². The third-order valence-corrected chi connectivity index (χ3v) is 8.80. The normalized spacial score (nSPS) is 16.3. The van der Waals surface area contributed by atoms with Crippen LogP contribution < -0.4 is 10.6 Å². The maximum atomic E-state index is 13.3. The molecule has 1 aliphatic heterocycles. The zero-order valence-electron chi connectivity index (χ0n) is 27.6. The van der Waals surface area contributed by atoms with Gasteiger partial charge in [-0.3, -0.25) is 19.3 Å². The molecule has 48 heavy (non-hydrogen) atoms. The van der Waals surface area contributed by atoms with E-state index >= 15 is 0 Å². The molecule has 0 spiro atoms. The van der Waals surface area contributed by atoms with Crippen molar-refractivity contribution in [3.63, 3.8) is 0 Å². The maximum Gasteiger partial charge on any atom is 0.490 e. The molecule has 15 heteroatoms. The molecule has 1 aliphatic rings. The number of carbonyl (C=O) groups is 5. The third kappa shape index (κ3) is 12.6. The predicted octanol–water partition coefficient (Wildman–Crippen LogP) is 3.84. The van der Waals surface area contributed by atoms with Crippen LogP contribution in [-0.2, 0) is 35.3 Å². The van der Waals surface area contributed by atoms with Crippen LogP contribution in [0.1, 0.15) is 45.1 Å². The molecular formula is C33H45F3N4O7S. The average Bonchev–Trinajstić information content (AvgIpc) is 3.55. The Labute approximate surface area is 282 Å². The van der Waals surface area contributed by atoms with Gasteiger partial charge in [0, 0.05) is 25.7 Å². The van der Waals surface area contributed by atoms with Gasteiger partial charge in [0.2, 0.25) is 18.2 Å². The topological polar surface area (TPSA) is 145 Å². The van der Waals surface area contributed by atoms with Crippen molar-refractivity contribution in [3.8, 4) is 0 Å². The molecule has 11 nitrogen and oxygen atoms in total. The van der Waals surface area contributed by atoms with Gasteiger partial charge in [0.15, 0.2) is 0 Å². The lowest BCUT2D eigenvalue weighted by Crippen LogP contribution is -2.53. The minimum absolute atomic E-state index is 0.0443. The summed E-state index contributed by atoms with van der Waals surface area (Å²) < 4.78 is 36.7. The molecule has 1 heterocycles. The summed E-state index contributed by atoms with van der Waals surface area (Å²) in [6.07, 6.45) is 0.372. The minimum Gasteiger partial charge on any atom is -0.475 e. The van der Waals surface area contributed by atoms with Gasteiger partial charge in [0.25, 0.3) is 0 Å². The number of methoxy groups -OCH3 is 1. The Morgan fingerprint density at radius 1 is 1.15 bits per heavy atom. The van der Waals surface area contributed by atoms with Crippen molar-refractivity contribution < 1.29 is 47.0 Å². The number of carboxylic acid groups (broad SMARTS) is 1. The Bertz CT molecular complexity index is 1380. The summed E-state index contributed by atoms with van der Waals surface area (Å²) in [5.74, 6) is -2.81. The van der Waals surface area contributed by atoms with E-state index in [1.54, 1.807) is 16.7 Å². The molecule has 0 bridgehead atoms. The lowest BCUT2D eigenvalue weighted by Gasteiger charge is -2.33. The molecule has 266 valence electrons. The second-order valence-electron chi connectivity index (χ2n) is 11.5. The highest BCUT2D eigenvalue weighted by atomic mass is 32.2. The largest absolute Gasteiger partial charge is 0.490 e. The molecule has 3 N–H and O–H groups in total. The zero-order chi connectivity index (χ0) is 35.9. The van der Waals surface area contributed by atoms with E-state index in [-0.39, 0.29) is 30.3 Å². The van der Waals surface area contributed by atoms with Crippen molar-refractivity contribution in [1.82, 2.24) is 20.4 Å². The number of halogens is 3. The van der Waals surface area contributed by atoms with Crippen molar-refractivity contribution in [1.29, 1.82) is 0 Å². The summed E-state index contributed by atoms with van der Waals surface area (Å²) >= 11 is 1.60. The number of likely N-dealkylation sites (tertiary alicyclic amines) is 1. The lowest BCUT2D eigenvalue weighted by molar-refractivity contribution is -0.192. The lowest BCUT2D eigenvalue weighted by atomic mass is 9.97. The number of ether oxygens (including phenoxy) is 1. The van der Waals surface area contributed by atoms with E-state index in [0.717, 1.165) is 35.6 Å². The highest BCUT2D eigenvalue weighted by molar-refractivity contribution is 7.98. The molecule has 2 aromatic rings. The van der Waals surface area contributed by atoms with Crippen LogP contribution in [0.25, 0.3) is 10.8 Å². The molecular weight excluding hydrogens is 653 g/mol. The molecule has 0 saturated carbocycles. The van der Waals surface area contributed by atoms with Gasteiger partial charge in [-0.25, -0.2) is 9.59 Å². The number of aliphatic carboxylic acids is 1. The Morgan fingerprint density at radius 2 is 1.81 bits per heavy atom. The van der Waals surface area contributed by atoms with Gasteiger partial charge in [0.05, 0.1) is 13.7 Å². The summed E-state index contributed by atoms with van der Waals surface area (Å²) in [4.78, 5) is 62.9. The van der Waals surface area contributed by atoms with Crippen LogP contribution in [0.5, 0.6) is 0 Å². The molecule has 1 fully saturated rings. The fourth-order valence-electron chi connectivity index (χ4n) is 5.33. The highest BCUT2D eigenvalue weighted by Crippen LogP contribution is 2.22. The van der Waals surface area contributed by atoms with E-state index in [2.05, 4.69) is 48.7 Å². The summed E-state index contributed by atoms with van der Waals surface area (Å²) in [5, 5.41) is 15.4. The number of nitrogens with one attached hydrogen (secondary N) is 2. The first-order valence-corrected chi connectivity index (χ1v) is 17.0. The fraction of sp³-hybridized carbons (Fsp3) is 0.545. The van der Waals surface area contributed by atoms with Gasteiger partial charge >= 0.3 is 18.1 Å². The SMILES string of the molecule is CCC(C)C(CN(CC(=O)NC(CCSC)C(=O)OC)Cc1cccc2ccccc12)NC(=O)[C@@H]1CCCN1C=O.O=C(O)C(F)(F)F. The Kier molecular flexibility index (Phi) is 16.7. The average molecular weight is 699 g/mol. The summed E-state index contributed by atoms with van der Waals surface area (Å²) in [5.41, 5.74) is 1.07. The fourth-order valence-corrected chi connectivity index (χ4v) is 5.80. The molecule has 0 aromatic heterocycles. The van der Waals surface area contributed by atoms with Gasteiger partial charge in [-0.05, 0) is 53.5 Å². The third-order valence-electron chi connectivity index (χ3n) is 8.16. The number of thioether (sulfide) groups is 1. The zero-order valence-corrected chi connectivity index (χ0v) is 28.4. The van der Waals surface area contributed by atoms with E-state index in [1.807, 2.05) is 29.4 Å². The van der Waals surface area contributed by atoms with Crippen LogP contribution in [0.2, 0.25) is 0 Å². The van der Waals surface area contributed by atoms with E-state index in [1.165, 1.54) is 7.11 Å². The van der Waals surface area contributed by atoms with Crippen molar-refractivity contribution >= 4 is 52.7 Å². The monoisotopic (exact) mass is 698 g/mol. The van der Waals surface area contributed by atoms with E-state index in [4.69, 9.17) is 14.6 Å². The van der Waals surface area contributed by atoms with Gasteiger partial charge < -0.3 is 25.4 Å². The van der Waals surface area contributed by atoms with Crippen LogP contribution in [0.4, 0.5) is 13.2 Å². The first-order valence-electron chi connectivity index (χ1n) is 15.6. The standard InChI is InChI=1S/C31H44N4O5S.C2HF3O2/c1-5-22(2)27(33-30(38)28-14-9-16-35(28)21-36)19-34(18-24-12-8-11-23-10-6-7-13-25(23)24)20-29(37)32-26(15-17-41-4)31(39)40-3;3-2(4,5)1(6)7/h6-8,10-13,21-22,26-28H,5,9,14-20H2,1-4H3,(H,32,37)(H,33,38);(H,6,7)/t22?,26?,27?,28-;/m0./s1. The number of carboxylic acids is 1. The van der Waals surface area contributed by atoms with Gasteiger partial charge in [-0.15, -0.1) is 0 Å². The number of nitrogens with zero attached hydrogens (tertiary/aromatic N) is 2. The Balaban J connectivity index is 0.00000103. The Hall–Kier alpha value is -3.85. The van der Waals surface area contributed by atoms with Crippen LogP contribution in [-0.4, -0.2) is 108 Å². The number of rotatable bonds is 16. The van der Waals surface area contributed by atoms with E-state index < -0.39 is 30.2 Å². The number of esters is 1. The van der Waals surface area contributed by atoms with Crippen LogP contribution in [0.3, 0.4) is 0 Å². The number of carbonyl (C=O) groups excluding carboxylic acids is 4. The second kappa shape index (κ2) is 19.8. The van der Waals surface area contributed by atoms with Crippen LogP contribution in [0, 0.1) is 5.92 Å². The van der Waals surface area contributed by atoms with Gasteiger partial charge in [-0.2, -0.15) is 24.9 Å². The number of amides is 3. The number of benzene rings is 2. The maximum absolute atomic E-state index is 13.3. The first-order chi connectivity index (χ1) is 22.7. The van der Waals surface area contributed by atoms with E-state index in [0.29, 0.717) is 38.2 Å². The first kappa shape index (κ1) is 40.3. The van der Waals surface area contributed by atoms with Gasteiger partial charge in [-0.1, -0.05) is 62.7 Å². The van der Waals surface area contributed by atoms with Crippen molar-refractivity contribution in [3.05, 3.63) is 48.0 Å². The van der Waals surface area contributed by atoms with Crippen LogP contribution >= 0.6 is 11.8 Å². The predicted molar refractivity (Wildman–Crippen MR) is 177 cm³/mol. The Morgan fingerprint density at radius 3 is 2.42 bits per heavy atom. The van der Waals surface area contributed by atoms with Gasteiger partial charge in [0.1, 0.15) is 12.1 Å². The number of hydrogen-bond acceptors (Lipinski definition) is 8. The second-order valence-corrected chi connectivity index (χ2v) is 12.5. The summed E-state index contributed by atoms with van der Waals surface area (Å²) in [7, 11) is 1.32. The highest BCUT2D eigenvalue weighted by Gasteiger charge is 2.38. The molecule has 3 amide bonds. The molecule has 3 rings (SSSR count). The summed E-state index contributed by atoms with van der Waals surface area (Å²) in [6.45, 7) is 5.70. The molecule has 1 saturated heterocycles. The van der Waals surface area contributed by atoms with Crippen molar-refractivity contribution in [2.45, 2.75) is 70.4 Å². The molecule has 3 unspecified atom stereocenters. The quantitative estimate of drug-likeness (QED) is 0.176. The molecule has 0 radical (unpaired) electrons. The summed E-state index contributed by atoms with van der Waals surface area (Å²) in [6, 6.07) is 12.8. The van der Waals surface area contributed by atoms with Crippen molar-refractivity contribution in [2.75, 3.05) is 38.8 Å².